The summed E-state index contributed by atoms with van der Waals surface area (Å²) in [6.07, 6.45) is -64.8. The first-order valence-corrected chi connectivity index (χ1v) is 56.1. The van der Waals surface area contributed by atoms with Crippen LogP contribution in [0.15, 0.2) is 0 Å². The number of hydrogen-bond donors (Lipinski definition) is 24. The van der Waals surface area contributed by atoms with E-state index < -0.39 is 287 Å². The van der Waals surface area contributed by atoms with Crippen LogP contribution in [-0.2, 0) is 114 Å². The summed E-state index contributed by atoms with van der Waals surface area (Å²) in [6.45, 7) is 2.08. The van der Waals surface area contributed by atoms with Gasteiger partial charge in [-0.15, -0.1) is 0 Å². The fourth-order valence-corrected chi connectivity index (χ4v) is 24.3. The van der Waals surface area contributed by atoms with E-state index in [9.17, 15) is 120 Å². The standard InChI is InChI=1S/C84H146N8O40S8/c1-2-3-20-117-77-63(110)56(103)70(40(119-77)31-134-22-5-13-48(86)95)127-79-65(112)58(105)72(42(121-79)33-136-24-7-15-50(88)97)129-81-67(114)60(107)74(44(123-81)35-138-26-9-17-52(90)99)131-83-69(116)62(109)76(46(125-83)37-140-28-11-19-54(92)101)132-84-68(115)61(108)75(45(124-84)36-139-27-10-18-53(91)100)130-82-66(113)59(106)73(43(122-82)34-137-25-8-16-51(89)98)128-80-64(111)57(104)71(41(120-80)32-135-23-6-14-49(87)96)126-78-55(102)39(93)29-38(118-78)30-133-21-4-12-47(85)94/h38-46,55-84,93,102-116H,2-37H2,1H3,(H2,85,94)(H2,86,95)(H2,87,96)(H2,88,97)(H2,89,98)(H2,90,99)(H2,91,100)(H2,92,101). The highest BCUT2D eigenvalue weighted by atomic mass is 32.2. The number of rotatable bonds is 66. The third kappa shape index (κ3) is 38.9. The van der Waals surface area contributed by atoms with E-state index in [0.717, 1.165) is 53.5 Å². The van der Waals surface area contributed by atoms with Gasteiger partial charge in [0.05, 0.1) is 54.9 Å². The molecule has 8 aliphatic rings. The predicted octanol–water partition coefficient (Wildman–Crippen LogP) is -7.55. The lowest BCUT2D eigenvalue weighted by Gasteiger charge is -2.50. The molecule has 39 atom stereocenters. The van der Waals surface area contributed by atoms with Crippen molar-refractivity contribution in [3.63, 3.8) is 0 Å². The molecule has 48 nitrogen and oxygen atoms in total. The molecule has 8 amide bonds. The highest BCUT2D eigenvalue weighted by molar-refractivity contribution is 8.00. The summed E-state index contributed by atoms with van der Waals surface area (Å²) in [4.78, 5) is 94.2. The summed E-state index contributed by atoms with van der Waals surface area (Å²) < 4.78 is 101. The lowest BCUT2D eigenvalue weighted by molar-refractivity contribution is -0.391. The molecule has 8 fully saturated rings. The molecule has 810 valence electrons. The molecule has 8 saturated heterocycles. The Hall–Kier alpha value is -2.72. The van der Waals surface area contributed by atoms with Crippen molar-refractivity contribution in [2.75, 3.05) is 98.7 Å². The van der Waals surface area contributed by atoms with Gasteiger partial charge >= 0.3 is 0 Å². The first-order valence-electron chi connectivity index (χ1n) is 46.9. The lowest BCUT2D eigenvalue weighted by Crippen LogP contribution is -2.68. The molecular formula is C84H146N8O40S8. The van der Waals surface area contributed by atoms with E-state index in [-0.39, 0.29) is 171 Å². The van der Waals surface area contributed by atoms with Crippen molar-refractivity contribution in [3.8, 4) is 0 Å². The van der Waals surface area contributed by atoms with E-state index in [4.69, 9.17) is 122 Å². The number of aliphatic hydroxyl groups is 16. The van der Waals surface area contributed by atoms with E-state index in [2.05, 4.69) is 0 Å². The highest BCUT2D eigenvalue weighted by Gasteiger charge is 2.60. The summed E-state index contributed by atoms with van der Waals surface area (Å²) >= 11 is 9.67. The molecule has 0 radical (unpaired) electrons. The zero-order valence-electron chi connectivity index (χ0n) is 77.8. The Bertz CT molecular complexity index is 3640. The van der Waals surface area contributed by atoms with Gasteiger partial charge in [0.2, 0.25) is 47.3 Å². The Labute approximate surface area is 845 Å². The number of carbonyl (C=O) groups excluding carboxylic acids is 8. The van der Waals surface area contributed by atoms with E-state index in [1.165, 1.54) is 47.0 Å². The minimum absolute atomic E-state index is 0.0103. The van der Waals surface area contributed by atoms with Crippen LogP contribution in [0.4, 0.5) is 0 Å². The van der Waals surface area contributed by atoms with Crippen LogP contribution >= 0.6 is 94.1 Å². The summed E-state index contributed by atoms with van der Waals surface area (Å²) in [5.41, 5.74) is 43.4. The second kappa shape index (κ2) is 63.4. The van der Waals surface area contributed by atoms with Gasteiger partial charge in [0.25, 0.3) is 0 Å². The molecule has 0 bridgehead atoms. The molecule has 0 aromatic rings. The Morgan fingerprint density at radius 2 is 0.407 bits per heavy atom. The Kier molecular flexibility index (Phi) is 55.5. The van der Waals surface area contributed by atoms with E-state index >= 15 is 0 Å². The van der Waals surface area contributed by atoms with Crippen molar-refractivity contribution in [1.29, 1.82) is 0 Å². The van der Waals surface area contributed by atoms with Gasteiger partial charge in [-0.05, 0) is 104 Å². The third-order valence-corrected chi connectivity index (χ3v) is 33.0. The first kappa shape index (κ1) is 122. The zero-order chi connectivity index (χ0) is 103. The first-order chi connectivity index (χ1) is 66.7. The molecule has 0 aromatic carbocycles. The molecule has 8 aliphatic heterocycles. The average molecular weight is 2160 g/mol. The van der Waals surface area contributed by atoms with Crippen molar-refractivity contribution < 1.29 is 196 Å². The SMILES string of the molecule is CCCCOC1OC(CSCCCC(N)=O)C(OC2OC(CSCCCC(N)=O)C(OC3OC(CSCCCC(N)=O)C(OC4OC(CSCCCC(N)=O)C(OC5OC(CSCCCC(N)=O)C(OC6OC(CSCCCC(N)=O)C(OC7OC(CSCCCC(N)=O)C(OC8OC(CSCCCC(N)=O)CC(O)C8O)C(O)C7O)C(O)C6O)C(O)C5O)C(O)C4O)C(O)C3O)C(O)C2O)C(O)C1O. The summed E-state index contributed by atoms with van der Waals surface area (Å²) in [6, 6.07) is 0. The van der Waals surface area contributed by atoms with Crippen LogP contribution in [-0.4, -0.2) is 467 Å². The molecule has 0 aliphatic carbocycles. The summed E-state index contributed by atoms with van der Waals surface area (Å²) in [7, 11) is 0. The summed E-state index contributed by atoms with van der Waals surface area (Å²) in [5, 5.41) is 193. The van der Waals surface area contributed by atoms with Gasteiger partial charge in [0.15, 0.2) is 50.3 Å². The van der Waals surface area contributed by atoms with Gasteiger partial charge in [-0.1, -0.05) is 13.3 Å². The van der Waals surface area contributed by atoms with Gasteiger partial charge in [-0.25, -0.2) is 0 Å². The quantitative estimate of drug-likeness (QED) is 0.0252. The maximum Gasteiger partial charge on any atom is 0.217 e. The molecule has 140 heavy (non-hydrogen) atoms. The van der Waals surface area contributed by atoms with Crippen molar-refractivity contribution in [3.05, 3.63) is 0 Å². The Balaban J connectivity index is 1.03. The normalized spacial score (nSPS) is 37.6. The number of ether oxygens (including phenoxy) is 16. The number of primary amides is 8. The second-order valence-corrected chi connectivity index (χ2v) is 44.4. The second-order valence-electron chi connectivity index (χ2n) is 35.2. The smallest absolute Gasteiger partial charge is 0.217 e. The number of amides is 8. The fraction of sp³-hybridized carbons (Fsp3) is 0.905. The molecule has 0 aromatic heterocycles. The van der Waals surface area contributed by atoms with Crippen molar-refractivity contribution in [2.45, 2.75) is 368 Å². The number of hydrogen-bond acceptors (Lipinski definition) is 48. The largest absolute Gasteiger partial charge is 0.390 e. The van der Waals surface area contributed by atoms with Gasteiger partial charge in [0.1, 0.15) is 134 Å². The van der Waals surface area contributed by atoms with Crippen molar-refractivity contribution in [2.24, 2.45) is 45.9 Å². The summed E-state index contributed by atoms with van der Waals surface area (Å²) in [5.74, 6) is -2.81. The molecule has 8 rings (SSSR count). The Morgan fingerprint density at radius 3 is 0.593 bits per heavy atom. The third-order valence-electron chi connectivity index (χ3n) is 23.8. The van der Waals surface area contributed by atoms with Crippen LogP contribution in [0, 0.1) is 0 Å². The van der Waals surface area contributed by atoms with Crippen LogP contribution < -0.4 is 45.9 Å². The lowest BCUT2D eigenvalue weighted by atomic mass is 9.95. The zero-order valence-corrected chi connectivity index (χ0v) is 84.3. The molecule has 0 spiro atoms. The molecule has 0 saturated carbocycles. The predicted molar refractivity (Wildman–Crippen MR) is 511 cm³/mol. The van der Waals surface area contributed by atoms with E-state index in [1.54, 1.807) is 0 Å². The average Bonchev–Trinajstić information content (AvgIpc) is 0.766. The van der Waals surface area contributed by atoms with Gasteiger partial charge in [-0.3, -0.25) is 38.4 Å². The van der Waals surface area contributed by atoms with E-state index in [1.807, 2.05) is 6.92 Å². The molecule has 32 N–H and O–H groups in total. The van der Waals surface area contributed by atoms with Crippen LogP contribution in [0.2, 0.25) is 0 Å². The Morgan fingerprint density at radius 1 is 0.236 bits per heavy atom. The number of unbranched alkanes of at least 4 members (excludes halogenated alkanes) is 1. The number of carbonyl (C=O) groups is 8. The molecule has 8 heterocycles. The van der Waals surface area contributed by atoms with Gasteiger partial charge in [0, 0.05) is 110 Å². The van der Waals surface area contributed by atoms with Gasteiger partial charge < -0.3 is 203 Å². The highest BCUT2D eigenvalue weighted by Crippen LogP contribution is 2.43. The monoisotopic (exact) mass is 2160 g/mol. The fourth-order valence-electron chi connectivity index (χ4n) is 16.2. The van der Waals surface area contributed by atoms with Crippen LogP contribution in [0.25, 0.3) is 0 Å². The van der Waals surface area contributed by atoms with Crippen molar-refractivity contribution >= 4 is 141 Å². The minimum atomic E-state index is -2.21. The molecule has 56 heteroatoms. The maximum atomic E-state index is 12.5. The molecule has 39 unspecified atom stereocenters. The van der Waals surface area contributed by atoms with Crippen LogP contribution in [0.5, 0.6) is 0 Å². The maximum absolute atomic E-state index is 12.5. The number of aliphatic hydroxyl groups excluding tert-OH is 16. The minimum Gasteiger partial charge on any atom is -0.390 e. The number of thioether (sulfide) groups is 8. The van der Waals surface area contributed by atoms with Crippen LogP contribution in [0.3, 0.4) is 0 Å². The topological polar surface area (TPSA) is 816 Å². The number of nitrogens with two attached hydrogens (primary N) is 8. The van der Waals surface area contributed by atoms with E-state index in [0.29, 0.717) is 42.9 Å². The van der Waals surface area contributed by atoms with Crippen molar-refractivity contribution in [1.82, 2.24) is 0 Å². The van der Waals surface area contributed by atoms with Crippen LogP contribution in [0.1, 0.15) is 129 Å². The van der Waals surface area contributed by atoms with Gasteiger partial charge in [-0.2, -0.15) is 94.1 Å². The molecular weight excluding hydrogens is 2020 g/mol.